The predicted molar refractivity (Wildman–Crippen MR) is 50.8 cm³/mol. The van der Waals surface area contributed by atoms with Gasteiger partial charge in [0.2, 0.25) is 0 Å². The summed E-state index contributed by atoms with van der Waals surface area (Å²) in [6.45, 7) is 4.31. The number of fused-ring (bicyclic) bond motifs is 1. The van der Waals surface area contributed by atoms with E-state index in [1.54, 1.807) is 11.3 Å². The molecule has 0 N–H and O–H groups in total. The summed E-state index contributed by atoms with van der Waals surface area (Å²) in [4.78, 5) is 8.27. The minimum Gasteiger partial charge on any atom is -0.372 e. The molecule has 3 heterocycles. The fourth-order valence-electron chi connectivity index (χ4n) is 1.79. The Kier molecular flexibility index (Phi) is 1.85. The molecule has 0 radical (unpaired) electrons. The quantitative estimate of drug-likeness (QED) is 0.658. The fourth-order valence-corrected chi connectivity index (χ4v) is 2.64. The zero-order chi connectivity index (χ0) is 8.67. The van der Waals surface area contributed by atoms with Crippen LogP contribution < -0.4 is 0 Å². The van der Waals surface area contributed by atoms with E-state index < -0.39 is 0 Å². The maximum absolute atomic E-state index is 5.23. The number of hydrogen-bond acceptors (Lipinski definition) is 4. The van der Waals surface area contributed by atoms with E-state index in [1.165, 1.54) is 10.6 Å². The molecule has 1 aromatic rings. The summed E-state index contributed by atoms with van der Waals surface area (Å²) in [5.41, 5.74) is 3.28. The third-order valence-electron chi connectivity index (χ3n) is 2.62. The van der Waals surface area contributed by atoms with Crippen molar-refractivity contribution in [1.29, 1.82) is 0 Å². The zero-order valence-corrected chi connectivity index (χ0v) is 8.22. The monoisotopic (exact) mass is 196 g/mol. The summed E-state index contributed by atoms with van der Waals surface area (Å²) in [6, 6.07) is 0. The van der Waals surface area contributed by atoms with Crippen LogP contribution in [0.15, 0.2) is 5.51 Å². The number of hydrogen-bond donors (Lipinski definition) is 0. The molecule has 1 unspecified atom stereocenters. The van der Waals surface area contributed by atoms with Gasteiger partial charge in [0.05, 0.1) is 23.9 Å². The van der Waals surface area contributed by atoms with E-state index in [1.807, 2.05) is 5.51 Å². The van der Waals surface area contributed by atoms with E-state index in [-0.39, 0.29) is 0 Å². The molecule has 0 aromatic carbocycles. The van der Waals surface area contributed by atoms with Gasteiger partial charge in [-0.2, -0.15) is 0 Å². The summed E-state index contributed by atoms with van der Waals surface area (Å²) in [7, 11) is 0. The van der Waals surface area contributed by atoms with Crippen molar-refractivity contribution in [3.8, 4) is 0 Å². The minimum atomic E-state index is 0.523. The lowest BCUT2D eigenvalue weighted by molar-refractivity contribution is 0.227. The average Bonchev–Trinajstić information content (AvgIpc) is 2.83. The van der Waals surface area contributed by atoms with E-state index in [0.717, 1.165) is 32.7 Å². The first kappa shape index (κ1) is 7.91. The van der Waals surface area contributed by atoms with Crippen molar-refractivity contribution in [3.63, 3.8) is 0 Å². The van der Waals surface area contributed by atoms with Crippen LogP contribution in [0.5, 0.6) is 0 Å². The number of rotatable bonds is 2. The molecule has 0 spiro atoms. The van der Waals surface area contributed by atoms with Gasteiger partial charge in [-0.1, -0.05) is 0 Å². The molecule has 0 saturated carbocycles. The summed E-state index contributed by atoms with van der Waals surface area (Å²) in [5, 5.41) is 0. The first-order chi connectivity index (χ1) is 6.42. The zero-order valence-electron chi connectivity index (χ0n) is 7.40. The predicted octanol–water partition coefficient (Wildman–Crippen LogP) is 0.900. The third-order valence-corrected chi connectivity index (χ3v) is 3.48. The van der Waals surface area contributed by atoms with E-state index in [4.69, 9.17) is 4.74 Å². The first-order valence-corrected chi connectivity index (χ1v) is 5.55. The molecule has 70 valence electrons. The average molecular weight is 196 g/mol. The van der Waals surface area contributed by atoms with Crippen LogP contribution in [-0.2, 0) is 17.7 Å². The van der Waals surface area contributed by atoms with Gasteiger partial charge in [0.25, 0.3) is 0 Å². The molecule has 0 aliphatic carbocycles. The highest BCUT2D eigenvalue weighted by Gasteiger charge is 2.27. The molecular weight excluding hydrogens is 184 g/mol. The van der Waals surface area contributed by atoms with Gasteiger partial charge >= 0.3 is 0 Å². The summed E-state index contributed by atoms with van der Waals surface area (Å²) < 4.78 is 5.23. The largest absolute Gasteiger partial charge is 0.372 e. The van der Waals surface area contributed by atoms with E-state index in [0.29, 0.717) is 6.10 Å². The van der Waals surface area contributed by atoms with Gasteiger partial charge in [0.1, 0.15) is 0 Å². The molecule has 1 fully saturated rings. The normalized spacial score (nSPS) is 27.2. The highest BCUT2D eigenvalue weighted by Crippen LogP contribution is 2.23. The van der Waals surface area contributed by atoms with Crippen molar-refractivity contribution in [2.24, 2.45) is 0 Å². The van der Waals surface area contributed by atoms with Crippen LogP contribution in [0, 0.1) is 0 Å². The molecule has 2 aliphatic rings. The maximum Gasteiger partial charge on any atom is 0.0936 e. The van der Waals surface area contributed by atoms with Crippen molar-refractivity contribution in [2.75, 3.05) is 19.7 Å². The third kappa shape index (κ3) is 1.61. The number of aromatic nitrogens is 1. The number of thiazole rings is 1. The van der Waals surface area contributed by atoms with Gasteiger partial charge in [0, 0.05) is 30.9 Å². The van der Waals surface area contributed by atoms with Crippen LogP contribution in [0.25, 0.3) is 0 Å². The first-order valence-electron chi connectivity index (χ1n) is 4.67. The van der Waals surface area contributed by atoms with E-state index in [9.17, 15) is 0 Å². The Bertz CT molecular complexity index is 308. The Hall–Kier alpha value is -0.450. The smallest absolute Gasteiger partial charge is 0.0936 e. The molecule has 1 atom stereocenters. The Balaban J connectivity index is 1.69. The van der Waals surface area contributed by atoms with Crippen LogP contribution >= 0.6 is 11.3 Å². The van der Waals surface area contributed by atoms with Crippen molar-refractivity contribution in [3.05, 3.63) is 16.1 Å². The van der Waals surface area contributed by atoms with Gasteiger partial charge in [-0.3, -0.25) is 4.90 Å². The maximum atomic E-state index is 5.23. The van der Waals surface area contributed by atoms with Crippen LogP contribution in [-0.4, -0.2) is 35.7 Å². The van der Waals surface area contributed by atoms with Crippen LogP contribution in [0.1, 0.15) is 10.6 Å². The molecule has 4 heteroatoms. The molecule has 13 heavy (non-hydrogen) atoms. The minimum absolute atomic E-state index is 0.523. The topological polar surface area (TPSA) is 28.7 Å². The second kappa shape index (κ2) is 3.04. The second-order valence-electron chi connectivity index (χ2n) is 3.66. The summed E-state index contributed by atoms with van der Waals surface area (Å²) in [6.07, 6.45) is 1.64. The summed E-state index contributed by atoms with van der Waals surface area (Å²) in [5.74, 6) is 0. The highest BCUT2D eigenvalue weighted by atomic mass is 32.1. The molecule has 0 bridgehead atoms. The lowest BCUT2D eigenvalue weighted by Gasteiger charge is -2.24. The van der Waals surface area contributed by atoms with Gasteiger partial charge in [0.15, 0.2) is 0 Å². The molecule has 1 saturated heterocycles. The number of nitrogens with zero attached hydrogens (tertiary/aromatic N) is 2. The Morgan fingerprint density at radius 1 is 1.69 bits per heavy atom. The van der Waals surface area contributed by atoms with Crippen LogP contribution in [0.2, 0.25) is 0 Å². The standard InChI is InChI=1S/C9H12N2OS/c1-2-11(3-7-5-12-7)4-9-8(1)10-6-13-9/h6-7H,1-5H2. The Morgan fingerprint density at radius 2 is 2.62 bits per heavy atom. The van der Waals surface area contributed by atoms with Gasteiger partial charge in [-0.15, -0.1) is 11.3 Å². The fraction of sp³-hybridized carbons (Fsp3) is 0.667. The van der Waals surface area contributed by atoms with Crippen molar-refractivity contribution >= 4 is 11.3 Å². The molecule has 3 rings (SSSR count). The van der Waals surface area contributed by atoms with Gasteiger partial charge in [-0.05, 0) is 0 Å². The van der Waals surface area contributed by atoms with Gasteiger partial charge in [-0.25, -0.2) is 4.98 Å². The second-order valence-corrected chi connectivity index (χ2v) is 4.60. The van der Waals surface area contributed by atoms with E-state index >= 15 is 0 Å². The SMILES string of the molecule is c1nc2c(s1)CN(CC1CO1)CC2. The van der Waals surface area contributed by atoms with Crippen molar-refractivity contribution in [1.82, 2.24) is 9.88 Å². The molecule has 0 amide bonds. The molecule has 1 aromatic heterocycles. The Morgan fingerprint density at radius 3 is 3.46 bits per heavy atom. The molecule has 2 aliphatic heterocycles. The van der Waals surface area contributed by atoms with E-state index in [2.05, 4.69) is 9.88 Å². The number of ether oxygens (including phenoxy) is 1. The van der Waals surface area contributed by atoms with Crippen molar-refractivity contribution in [2.45, 2.75) is 19.1 Å². The van der Waals surface area contributed by atoms with Crippen molar-refractivity contribution < 1.29 is 4.74 Å². The lowest BCUT2D eigenvalue weighted by Crippen LogP contribution is -2.32. The lowest BCUT2D eigenvalue weighted by atomic mass is 10.2. The van der Waals surface area contributed by atoms with Gasteiger partial charge < -0.3 is 4.74 Å². The summed E-state index contributed by atoms with van der Waals surface area (Å²) >= 11 is 1.78. The Labute approximate surface area is 81.3 Å². The molecule has 3 nitrogen and oxygen atoms in total. The van der Waals surface area contributed by atoms with Crippen LogP contribution in [0.3, 0.4) is 0 Å². The number of epoxide rings is 1. The van der Waals surface area contributed by atoms with Crippen LogP contribution in [0.4, 0.5) is 0 Å². The highest BCUT2D eigenvalue weighted by molar-refractivity contribution is 7.09. The molecular formula is C9H12N2OS.